The van der Waals surface area contributed by atoms with Crippen LogP contribution in [0.5, 0.6) is 0 Å². The number of nitrogens with one attached hydrogen (secondary N) is 1. The van der Waals surface area contributed by atoms with E-state index in [2.05, 4.69) is 5.32 Å². The number of amides is 1. The quantitative estimate of drug-likeness (QED) is 0.886. The fraction of sp³-hybridized carbons (Fsp3) is 0.250. The van der Waals surface area contributed by atoms with Gasteiger partial charge in [-0.25, -0.2) is 4.79 Å². The van der Waals surface area contributed by atoms with Crippen molar-refractivity contribution in [2.24, 2.45) is 0 Å². The zero-order valence-corrected chi connectivity index (χ0v) is 12.6. The van der Waals surface area contributed by atoms with E-state index in [0.29, 0.717) is 28.3 Å². The van der Waals surface area contributed by atoms with Crippen molar-refractivity contribution in [1.82, 2.24) is 0 Å². The Balaban J connectivity index is 2.30. The molecule has 0 atom stereocenters. The molecular formula is C16H17NO5. The second-order valence-electron chi connectivity index (χ2n) is 4.94. The lowest BCUT2D eigenvalue weighted by Gasteiger charge is -2.09. The smallest absolute Gasteiger partial charge is 0.335 e. The van der Waals surface area contributed by atoms with Gasteiger partial charge < -0.3 is 19.6 Å². The van der Waals surface area contributed by atoms with Gasteiger partial charge in [0.15, 0.2) is 0 Å². The summed E-state index contributed by atoms with van der Waals surface area (Å²) in [6, 6.07) is 6.23. The van der Waals surface area contributed by atoms with E-state index in [1.807, 2.05) is 0 Å². The van der Waals surface area contributed by atoms with Gasteiger partial charge in [-0.3, -0.25) is 4.79 Å². The predicted octanol–water partition coefficient (Wildman–Crippen LogP) is 2.99. The van der Waals surface area contributed by atoms with Gasteiger partial charge in [-0.2, -0.15) is 0 Å². The molecule has 22 heavy (non-hydrogen) atoms. The minimum atomic E-state index is -1.07. The number of anilines is 1. The maximum atomic E-state index is 12.2. The summed E-state index contributed by atoms with van der Waals surface area (Å²) in [6.07, 6.45) is 0. The van der Waals surface area contributed by atoms with E-state index >= 15 is 0 Å². The summed E-state index contributed by atoms with van der Waals surface area (Å²) in [4.78, 5) is 23.4. The van der Waals surface area contributed by atoms with Crippen LogP contribution < -0.4 is 5.32 Å². The number of carboxylic acid groups (broad SMARTS) is 1. The molecule has 0 aliphatic carbocycles. The van der Waals surface area contributed by atoms with Crippen molar-refractivity contribution in [3.8, 4) is 0 Å². The fourth-order valence-electron chi connectivity index (χ4n) is 2.19. The molecule has 0 saturated carbocycles. The van der Waals surface area contributed by atoms with E-state index in [1.54, 1.807) is 26.0 Å². The topological polar surface area (TPSA) is 88.8 Å². The van der Waals surface area contributed by atoms with Gasteiger partial charge in [-0.1, -0.05) is 0 Å². The van der Waals surface area contributed by atoms with E-state index in [9.17, 15) is 9.59 Å². The first-order valence-electron chi connectivity index (χ1n) is 6.65. The minimum absolute atomic E-state index is 0.0879. The van der Waals surface area contributed by atoms with E-state index in [4.69, 9.17) is 14.3 Å². The third kappa shape index (κ3) is 3.53. The number of furan rings is 1. The van der Waals surface area contributed by atoms with Crippen LogP contribution in [0.3, 0.4) is 0 Å². The van der Waals surface area contributed by atoms with Gasteiger partial charge in [0, 0.05) is 12.8 Å². The van der Waals surface area contributed by atoms with Crippen LogP contribution in [0.15, 0.2) is 28.7 Å². The maximum absolute atomic E-state index is 12.2. The van der Waals surface area contributed by atoms with E-state index < -0.39 is 5.97 Å². The highest BCUT2D eigenvalue weighted by atomic mass is 16.5. The Morgan fingerprint density at radius 2 is 1.95 bits per heavy atom. The molecule has 0 saturated heterocycles. The third-order valence-corrected chi connectivity index (χ3v) is 3.09. The number of ether oxygens (including phenoxy) is 1. The van der Waals surface area contributed by atoms with Gasteiger partial charge >= 0.3 is 5.97 Å². The number of aryl methyl sites for hydroxylation is 2. The Hall–Kier alpha value is -2.60. The van der Waals surface area contributed by atoms with Crippen molar-refractivity contribution < 1.29 is 23.8 Å². The highest BCUT2D eigenvalue weighted by Crippen LogP contribution is 2.19. The SMILES string of the molecule is COCc1cc(NC(=O)c2cc(C)oc2C)cc(C(=O)O)c1. The first-order chi connectivity index (χ1) is 10.4. The van der Waals surface area contributed by atoms with Gasteiger partial charge in [0.05, 0.1) is 17.7 Å². The van der Waals surface area contributed by atoms with Crippen LogP contribution in [0.1, 0.15) is 37.8 Å². The molecule has 0 radical (unpaired) electrons. The fourth-order valence-corrected chi connectivity index (χ4v) is 2.19. The molecule has 0 aliphatic heterocycles. The first kappa shape index (κ1) is 15.8. The number of aromatic carboxylic acids is 1. The summed E-state index contributed by atoms with van der Waals surface area (Å²) in [5.74, 6) is -0.257. The molecule has 1 amide bonds. The third-order valence-electron chi connectivity index (χ3n) is 3.09. The Bertz CT molecular complexity index is 717. The maximum Gasteiger partial charge on any atom is 0.335 e. The summed E-state index contributed by atoms with van der Waals surface area (Å²) in [7, 11) is 1.52. The van der Waals surface area contributed by atoms with Crippen molar-refractivity contribution >= 4 is 17.6 Å². The summed E-state index contributed by atoms with van der Waals surface area (Å²) in [5.41, 5.74) is 1.57. The van der Waals surface area contributed by atoms with Gasteiger partial charge in [-0.05, 0) is 43.7 Å². The van der Waals surface area contributed by atoms with Crippen LogP contribution in [-0.2, 0) is 11.3 Å². The largest absolute Gasteiger partial charge is 0.478 e. The molecule has 0 bridgehead atoms. The van der Waals surface area contributed by atoms with Gasteiger partial charge in [0.2, 0.25) is 0 Å². The zero-order valence-electron chi connectivity index (χ0n) is 12.6. The number of rotatable bonds is 5. The Labute approximate surface area is 127 Å². The summed E-state index contributed by atoms with van der Waals surface area (Å²) in [6.45, 7) is 3.71. The lowest BCUT2D eigenvalue weighted by Crippen LogP contribution is -2.13. The average Bonchev–Trinajstić information content (AvgIpc) is 2.78. The molecule has 0 spiro atoms. The van der Waals surface area contributed by atoms with Gasteiger partial charge in [0.25, 0.3) is 5.91 Å². The molecule has 0 aliphatic rings. The molecule has 1 aromatic heterocycles. The average molecular weight is 303 g/mol. The monoisotopic (exact) mass is 303 g/mol. The van der Waals surface area contributed by atoms with E-state index in [-0.39, 0.29) is 18.1 Å². The minimum Gasteiger partial charge on any atom is -0.478 e. The summed E-state index contributed by atoms with van der Waals surface area (Å²) < 4.78 is 10.3. The zero-order chi connectivity index (χ0) is 16.3. The van der Waals surface area contributed by atoms with Crippen molar-refractivity contribution in [2.45, 2.75) is 20.5 Å². The van der Waals surface area contributed by atoms with Crippen LogP contribution >= 0.6 is 0 Å². The number of hydrogen-bond acceptors (Lipinski definition) is 4. The first-order valence-corrected chi connectivity index (χ1v) is 6.65. The number of carbonyl (C=O) groups excluding carboxylic acids is 1. The lowest BCUT2D eigenvalue weighted by molar-refractivity contribution is 0.0696. The lowest BCUT2D eigenvalue weighted by atomic mass is 10.1. The van der Waals surface area contributed by atoms with Crippen LogP contribution in [0, 0.1) is 13.8 Å². The van der Waals surface area contributed by atoms with Crippen LogP contribution in [0.2, 0.25) is 0 Å². The van der Waals surface area contributed by atoms with Crippen LogP contribution in [0.4, 0.5) is 5.69 Å². The molecule has 6 nitrogen and oxygen atoms in total. The number of hydrogen-bond donors (Lipinski definition) is 2. The van der Waals surface area contributed by atoms with Crippen molar-refractivity contribution in [1.29, 1.82) is 0 Å². The molecule has 1 aromatic carbocycles. The van der Waals surface area contributed by atoms with Crippen LogP contribution in [-0.4, -0.2) is 24.1 Å². The Morgan fingerprint density at radius 3 is 2.50 bits per heavy atom. The van der Waals surface area contributed by atoms with Gasteiger partial charge in [-0.15, -0.1) is 0 Å². The molecule has 2 rings (SSSR count). The normalized spacial score (nSPS) is 10.5. The number of methoxy groups -OCH3 is 1. The molecular weight excluding hydrogens is 286 g/mol. The standard InChI is InChI=1S/C16H17NO5/c1-9-4-14(10(2)22-9)15(18)17-13-6-11(8-21-3)5-12(7-13)16(19)20/h4-7H,8H2,1-3H3,(H,17,18)(H,19,20). The highest BCUT2D eigenvalue weighted by Gasteiger charge is 2.15. The predicted molar refractivity (Wildman–Crippen MR) is 80.2 cm³/mol. The Morgan fingerprint density at radius 1 is 1.23 bits per heavy atom. The van der Waals surface area contributed by atoms with Crippen molar-refractivity contribution in [3.05, 3.63) is 52.5 Å². The number of benzene rings is 1. The molecule has 1 heterocycles. The van der Waals surface area contributed by atoms with Crippen LogP contribution in [0.25, 0.3) is 0 Å². The molecule has 0 unspecified atom stereocenters. The number of carboxylic acids is 1. The summed E-state index contributed by atoms with van der Waals surface area (Å²) >= 11 is 0. The molecule has 2 N–H and O–H groups in total. The second-order valence-corrected chi connectivity index (χ2v) is 4.94. The molecule has 116 valence electrons. The molecule has 0 fully saturated rings. The van der Waals surface area contributed by atoms with Crippen molar-refractivity contribution in [3.63, 3.8) is 0 Å². The summed E-state index contributed by atoms with van der Waals surface area (Å²) in [5, 5.41) is 11.8. The highest BCUT2D eigenvalue weighted by molar-refractivity contribution is 6.05. The molecule has 6 heteroatoms. The number of carbonyl (C=O) groups is 2. The molecule has 2 aromatic rings. The Kier molecular flexibility index (Phi) is 4.62. The van der Waals surface area contributed by atoms with Crippen molar-refractivity contribution in [2.75, 3.05) is 12.4 Å². The second kappa shape index (κ2) is 6.44. The van der Waals surface area contributed by atoms with E-state index in [0.717, 1.165) is 0 Å². The van der Waals surface area contributed by atoms with Gasteiger partial charge in [0.1, 0.15) is 11.5 Å². The van der Waals surface area contributed by atoms with E-state index in [1.165, 1.54) is 19.2 Å².